The number of nitrogens with zero attached hydrogens (tertiary/aromatic N) is 2. The Hall–Kier alpha value is -2.05. The first-order chi connectivity index (χ1) is 17.9. The summed E-state index contributed by atoms with van der Waals surface area (Å²) in [7, 11) is 0. The molecule has 38 heavy (non-hydrogen) atoms. The van der Waals surface area contributed by atoms with Gasteiger partial charge in [-0.3, -0.25) is 4.90 Å². The van der Waals surface area contributed by atoms with E-state index in [0.717, 1.165) is 55.8 Å². The van der Waals surface area contributed by atoms with E-state index in [0.29, 0.717) is 23.3 Å². The first-order valence-electron chi connectivity index (χ1n) is 11.8. The standard InChI is InChI=1S/C27H25BrF6N2OS/c28-17-19-3-11-24(12-4-19)38-36-15-13-35(14-16-36)18-20-1-5-21(6-2-20)22-7-9-23(10-8-22)25(37,26(29,30)31)27(32,33)34/h1-12,37H,13-18H2. The van der Waals surface area contributed by atoms with E-state index in [1.165, 1.54) is 10.5 Å². The third kappa shape index (κ3) is 6.39. The SMILES string of the molecule is OC(c1ccc(-c2ccc(CN3CCN(Sc4ccc(CBr)cc4)CC3)cc2)cc1)(C(F)(F)F)C(F)(F)F. The number of hydrogen-bond donors (Lipinski definition) is 1. The highest BCUT2D eigenvalue weighted by molar-refractivity contribution is 9.08. The van der Waals surface area contributed by atoms with Gasteiger partial charge in [0.1, 0.15) is 0 Å². The lowest BCUT2D eigenvalue weighted by molar-refractivity contribution is -0.376. The molecule has 0 amide bonds. The molecule has 1 saturated heterocycles. The van der Waals surface area contributed by atoms with Gasteiger partial charge in [0.15, 0.2) is 0 Å². The van der Waals surface area contributed by atoms with Crippen molar-refractivity contribution in [2.24, 2.45) is 0 Å². The Morgan fingerprint density at radius 2 is 1.16 bits per heavy atom. The van der Waals surface area contributed by atoms with E-state index in [9.17, 15) is 31.4 Å². The topological polar surface area (TPSA) is 26.7 Å². The van der Waals surface area contributed by atoms with Crippen molar-refractivity contribution in [3.05, 3.63) is 89.5 Å². The van der Waals surface area contributed by atoms with Crippen LogP contribution in [0.1, 0.15) is 16.7 Å². The van der Waals surface area contributed by atoms with Crippen molar-refractivity contribution >= 4 is 27.9 Å². The van der Waals surface area contributed by atoms with Crippen LogP contribution in [0.15, 0.2) is 77.7 Å². The smallest absolute Gasteiger partial charge is 0.369 e. The van der Waals surface area contributed by atoms with E-state index in [2.05, 4.69) is 49.4 Å². The fraction of sp³-hybridized carbons (Fsp3) is 0.333. The Labute approximate surface area is 229 Å². The number of rotatable bonds is 7. The molecular formula is C27H25BrF6N2OS. The quantitative estimate of drug-likeness (QED) is 0.170. The van der Waals surface area contributed by atoms with Crippen molar-refractivity contribution in [2.45, 2.75) is 34.7 Å². The summed E-state index contributed by atoms with van der Waals surface area (Å²) in [5.41, 5.74) is -2.82. The largest absolute Gasteiger partial charge is 0.430 e. The van der Waals surface area contributed by atoms with Gasteiger partial charge in [-0.05, 0) is 46.3 Å². The van der Waals surface area contributed by atoms with E-state index in [1.54, 1.807) is 24.1 Å². The molecule has 0 radical (unpaired) electrons. The van der Waals surface area contributed by atoms with E-state index in [1.807, 2.05) is 12.1 Å². The molecule has 1 aliphatic rings. The summed E-state index contributed by atoms with van der Waals surface area (Å²) < 4.78 is 81.0. The second-order valence-corrected chi connectivity index (χ2v) is 10.8. The summed E-state index contributed by atoms with van der Waals surface area (Å²) in [6, 6.07) is 19.5. The first kappa shape index (κ1) is 28.9. The predicted molar refractivity (Wildman–Crippen MR) is 140 cm³/mol. The second-order valence-electron chi connectivity index (χ2n) is 9.05. The molecule has 1 aliphatic heterocycles. The molecular weight excluding hydrogens is 594 g/mol. The molecule has 204 valence electrons. The summed E-state index contributed by atoms with van der Waals surface area (Å²) in [6.45, 7) is 4.37. The molecule has 1 fully saturated rings. The van der Waals surface area contributed by atoms with Crippen LogP contribution < -0.4 is 0 Å². The van der Waals surface area contributed by atoms with Crippen molar-refractivity contribution < 1.29 is 31.4 Å². The second kappa shape index (κ2) is 11.6. The van der Waals surface area contributed by atoms with Gasteiger partial charge in [-0.15, -0.1) is 0 Å². The Balaban J connectivity index is 1.34. The average molecular weight is 619 g/mol. The van der Waals surface area contributed by atoms with Crippen molar-refractivity contribution in [2.75, 3.05) is 26.2 Å². The minimum absolute atomic E-state index is 0.446. The minimum Gasteiger partial charge on any atom is -0.369 e. The van der Waals surface area contributed by atoms with Gasteiger partial charge in [-0.2, -0.15) is 26.3 Å². The van der Waals surface area contributed by atoms with Gasteiger partial charge < -0.3 is 5.11 Å². The summed E-state index contributed by atoms with van der Waals surface area (Å²) in [4.78, 5) is 3.54. The van der Waals surface area contributed by atoms with Gasteiger partial charge in [0, 0.05) is 48.5 Å². The van der Waals surface area contributed by atoms with Crippen LogP contribution in [-0.2, 0) is 17.5 Å². The van der Waals surface area contributed by atoms with Crippen LogP contribution in [0, 0.1) is 0 Å². The van der Waals surface area contributed by atoms with Crippen LogP contribution in [-0.4, -0.2) is 52.8 Å². The monoisotopic (exact) mass is 618 g/mol. The summed E-state index contributed by atoms with van der Waals surface area (Å²) >= 11 is 5.20. The molecule has 0 atom stereocenters. The van der Waals surface area contributed by atoms with Crippen LogP contribution in [0.4, 0.5) is 26.3 Å². The maximum atomic E-state index is 13.1. The van der Waals surface area contributed by atoms with Gasteiger partial charge in [0.25, 0.3) is 5.60 Å². The zero-order chi connectivity index (χ0) is 27.6. The number of piperazine rings is 1. The number of aliphatic hydroxyl groups is 1. The van der Waals surface area contributed by atoms with Gasteiger partial charge in [0.05, 0.1) is 0 Å². The fourth-order valence-corrected chi connectivity index (χ4v) is 5.50. The Morgan fingerprint density at radius 1 is 0.684 bits per heavy atom. The van der Waals surface area contributed by atoms with E-state index >= 15 is 0 Å². The molecule has 3 nitrogen and oxygen atoms in total. The zero-order valence-electron chi connectivity index (χ0n) is 20.1. The summed E-state index contributed by atoms with van der Waals surface area (Å²) in [6.07, 6.45) is -11.8. The zero-order valence-corrected chi connectivity index (χ0v) is 22.5. The van der Waals surface area contributed by atoms with Crippen LogP contribution >= 0.6 is 27.9 Å². The van der Waals surface area contributed by atoms with Crippen LogP contribution in [0.3, 0.4) is 0 Å². The van der Waals surface area contributed by atoms with Gasteiger partial charge in [-0.1, -0.05) is 76.6 Å². The molecule has 0 aromatic heterocycles. The van der Waals surface area contributed by atoms with Crippen LogP contribution in [0.2, 0.25) is 0 Å². The lowest BCUT2D eigenvalue weighted by Crippen LogP contribution is -2.53. The Bertz CT molecular complexity index is 1180. The molecule has 3 aromatic carbocycles. The first-order valence-corrected chi connectivity index (χ1v) is 13.7. The number of benzene rings is 3. The van der Waals surface area contributed by atoms with E-state index < -0.39 is 23.5 Å². The van der Waals surface area contributed by atoms with Crippen LogP contribution in [0.25, 0.3) is 11.1 Å². The minimum atomic E-state index is -5.91. The summed E-state index contributed by atoms with van der Waals surface area (Å²) in [5.74, 6) is 0. The van der Waals surface area contributed by atoms with Crippen molar-refractivity contribution in [3.63, 3.8) is 0 Å². The predicted octanol–water partition coefficient (Wildman–Crippen LogP) is 7.39. The fourth-order valence-electron chi connectivity index (χ4n) is 4.22. The lowest BCUT2D eigenvalue weighted by Gasteiger charge is -2.33. The molecule has 11 heteroatoms. The molecule has 0 saturated carbocycles. The van der Waals surface area contributed by atoms with E-state index in [4.69, 9.17) is 0 Å². The summed E-state index contributed by atoms with van der Waals surface area (Å²) in [5, 5.41) is 10.4. The molecule has 0 aliphatic carbocycles. The number of hydrogen-bond acceptors (Lipinski definition) is 4. The van der Waals surface area contributed by atoms with Crippen LogP contribution in [0.5, 0.6) is 0 Å². The highest BCUT2D eigenvalue weighted by Crippen LogP contribution is 2.50. The molecule has 0 unspecified atom stereocenters. The highest BCUT2D eigenvalue weighted by Gasteiger charge is 2.71. The van der Waals surface area contributed by atoms with Crippen molar-refractivity contribution in [1.29, 1.82) is 0 Å². The number of alkyl halides is 7. The highest BCUT2D eigenvalue weighted by atomic mass is 79.9. The molecule has 4 rings (SSSR count). The maximum absolute atomic E-state index is 13.1. The Kier molecular flexibility index (Phi) is 8.83. The number of halogens is 7. The third-order valence-corrected chi connectivity index (χ3v) is 8.21. The molecule has 0 spiro atoms. The molecule has 1 N–H and O–H groups in total. The normalized spacial score (nSPS) is 16.1. The van der Waals surface area contributed by atoms with Gasteiger partial charge >= 0.3 is 12.4 Å². The molecule has 0 bridgehead atoms. The molecule has 1 heterocycles. The Morgan fingerprint density at radius 3 is 1.63 bits per heavy atom. The van der Waals surface area contributed by atoms with Crippen molar-refractivity contribution in [1.82, 2.24) is 9.21 Å². The third-order valence-electron chi connectivity index (χ3n) is 6.46. The van der Waals surface area contributed by atoms with Gasteiger partial charge in [0.2, 0.25) is 0 Å². The maximum Gasteiger partial charge on any atom is 0.430 e. The van der Waals surface area contributed by atoms with Gasteiger partial charge in [-0.25, -0.2) is 4.31 Å². The lowest BCUT2D eigenvalue weighted by atomic mass is 9.90. The average Bonchev–Trinajstić information content (AvgIpc) is 2.89. The van der Waals surface area contributed by atoms with Crippen molar-refractivity contribution in [3.8, 4) is 11.1 Å². The van der Waals surface area contributed by atoms with E-state index in [-0.39, 0.29) is 0 Å². The molecule has 3 aromatic rings.